The normalized spacial score (nSPS) is 31.1. The van der Waals surface area contributed by atoms with Gasteiger partial charge in [-0.1, -0.05) is 0 Å². The van der Waals surface area contributed by atoms with Crippen LogP contribution in [-0.4, -0.2) is 24.9 Å². The van der Waals surface area contributed by atoms with E-state index >= 15 is 0 Å². The Hall–Kier alpha value is -2.37. The van der Waals surface area contributed by atoms with E-state index in [1.807, 2.05) is 6.07 Å². The molecular formula is C22H27N3O4S. The Balaban J connectivity index is 1.41. The van der Waals surface area contributed by atoms with Crippen LogP contribution in [0, 0.1) is 34.5 Å². The number of rotatable bonds is 6. The Bertz CT molecular complexity index is 973. The molecule has 3 N–H and O–H groups in total. The zero-order valence-corrected chi connectivity index (χ0v) is 17.8. The van der Waals surface area contributed by atoms with Gasteiger partial charge in [0.05, 0.1) is 4.90 Å². The lowest BCUT2D eigenvalue weighted by atomic mass is 9.48. The predicted molar refractivity (Wildman–Crippen MR) is 112 cm³/mol. The van der Waals surface area contributed by atoms with Crippen LogP contribution in [0.25, 0.3) is 0 Å². The first-order chi connectivity index (χ1) is 14.2. The average molecular weight is 430 g/mol. The molecule has 0 aromatic heterocycles. The van der Waals surface area contributed by atoms with E-state index in [1.165, 1.54) is 69.0 Å². The Morgan fingerprint density at radius 2 is 1.70 bits per heavy atom. The van der Waals surface area contributed by atoms with E-state index in [9.17, 15) is 18.5 Å². The van der Waals surface area contributed by atoms with Gasteiger partial charge in [0, 0.05) is 17.9 Å². The van der Waals surface area contributed by atoms with E-state index in [4.69, 9.17) is 4.55 Å². The fraction of sp³-hybridized carbons (Fsp3) is 0.545. The van der Waals surface area contributed by atoms with Crippen LogP contribution in [0.5, 0.6) is 0 Å². The highest BCUT2D eigenvalue weighted by atomic mass is 32.2. The first kappa shape index (κ1) is 20.9. The molecule has 160 valence electrons. The van der Waals surface area contributed by atoms with Gasteiger partial charge in [0.1, 0.15) is 11.6 Å². The van der Waals surface area contributed by atoms with E-state index in [2.05, 4.69) is 17.6 Å². The molecule has 4 bridgehead atoms. The molecule has 0 heterocycles. The summed E-state index contributed by atoms with van der Waals surface area (Å²) in [6.45, 7) is 2.07. The third-order valence-electron chi connectivity index (χ3n) is 7.25. The zero-order chi connectivity index (χ0) is 21.5. The average Bonchev–Trinajstić information content (AvgIpc) is 2.67. The molecule has 0 saturated heterocycles. The van der Waals surface area contributed by atoms with E-state index in [0.29, 0.717) is 5.69 Å². The first-order valence-electron chi connectivity index (χ1n) is 10.4. The molecule has 1 aromatic rings. The molecule has 4 aliphatic carbocycles. The Morgan fingerprint density at radius 1 is 1.17 bits per heavy atom. The highest BCUT2D eigenvalue weighted by Crippen LogP contribution is 2.61. The molecule has 5 rings (SSSR count). The minimum Gasteiger partial charge on any atom is -0.360 e. The second-order valence-electron chi connectivity index (χ2n) is 9.29. The van der Waals surface area contributed by atoms with Crippen molar-refractivity contribution in [2.75, 3.05) is 5.32 Å². The third-order valence-corrected chi connectivity index (χ3v) is 8.12. The summed E-state index contributed by atoms with van der Waals surface area (Å²) in [5.41, 5.74) is 0.617. The maximum atomic E-state index is 12.7. The summed E-state index contributed by atoms with van der Waals surface area (Å²) in [5, 5.41) is 15.4. The summed E-state index contributed by atoms with van der Waals surface area (Å²) in [7, 11) is -4.26. The maximum Gasteiger partial charge on any atom is 0.294 e. The van der Waals surface area contributed by atoms with Crippen LogP contribution >= 0.6 is 0 Å². The summed E-state index contributed by atoms with van der Waals surface area (Å²) < 4.78 is 31.2. The van der Waals surface area contributed by atoms with Crippen LogP contribution in [0.15, 0.2) is 40.9 Å². The van der Waals surface area contributed by atoms with Gasteiger partial charge in [-0.3, -0.25) is 9.35 Å². The van der Waals surface area contributed by atoms with Gasteiger partial charge in [-0.05, 0) is 92.9 Å². The molecule has 1 unspecified atom stereocenters. The van der Waals surface area contributed by atoms with Crippen molar-refractivity contribution in [3.05, 3.63) is 36.0 Å². The predicted octanol–water partition coefficient (Wildman–Crippen LogP) is 3.47. The van der Waals surface area contributed by atoms with Crippen molar-refractivity contribution in [2.24, 2.45) is 23.2 Å². The Labute approximate surface area is 177 Å². The molecule has 1 aromatic carbocycles. The number of hydrogen-bond acceptors (Lipinski definition) is 5. The van der Waals surface area contributed by atoms with Gasteiger partial charge in [-0.25, -0.2) is 0 Å². The molecule has 7 nitrogen and oxygen atoms in total. The minimum absolute atomic E-state index is 0.0178. The highest BCUT2D eigenvalue weighted by Gasteiger charge is 2.53. The molecule has 30 heavy (non-hydrogen) atoms. The van der Waals surface area contributed by atoms with E-state index in [0.717, 1.165) is 17.8 Å². The molecule has 8 heteroatoms. The van der Waals surface area contributed by atoms with E-state index in [1.54, 1.807) is 0 Å². The standard InChI is InChI=1S/C22H27N3O4S/c1-14(22-9-15-6-16(10-22)8-17(7-15)11-22)25-21(26)18(12-23)13-24-19-2-4-20(5-3-19)30(27,28)29/h2-5,13-17,24H,6-11H2,1H3,(H,25,26)(H,27,28,29)/b18-13-. The van der Waals surface area contributed by atoms with Crippen LogP contribution in [0.4, 0.5) is 5.69 Å². The van der Waals surface area contributed by atoms with Crippen LogP contribution in [-0.2, 0) is 14.9 Å². The van der Waals surface area contributed by atoms with Gasteiger partial charge < -0.3 is 10.6 Å². The van der Waals surface area contributed by atoms with Crippen molar-refractivity contribution < 1.29 is 17.8 Å². The molecule has 0 aliphatic heterocycles. The second-order valence-corrected chi connectivity index (χ2v) is 10.7. The van der Waals surface area contributed by atoms with Crippen molar-refractivity contribution in [3.63, 3.8) is 0 Å². The number of benzene rings is 1. The van der Waals surface area contributed by atoms with E-state index in [-0.39, 0.29) is 21.9 Å². The number of amides is 1. The number of hydrogen-bond donors (Lipinski definition) is 3. The van der Waals surface area contributed by atoms with Crippen molar-refractivity contribution in [3.8, 4) is 6.07 Å². The minimum atomic E-state index is -4.26. The van der Waals surface area contributed by atoms with Crippen LogP contribution in [0.3, 0.4) is 0 Å². The third kappa shape index (κ3) is 4.09. The van der Waals surface area contributed by atoms with Gasteiger partial charge >= 0.3 is 0 Å². The monoisotopic (exact) mass is 429 g/mol. The quantitative estimate of drug-likeness (QED) is 0.362. The Kier molecular flexibility index (Phi) is 5.37. The van der Waals surface area contributed by atoms with Gasteiger partial charge in [0.2, 0.25) is 0 Å². The number of carbonyl (C=O) groups excluding carboxylic acids is 1. The van der Waals surface area contributed by atoms with Crippen molar-refractivity contribution in [2.45, 2.75) is 56.4 Å². The van der Waals surface area contributed by atoms with Gasteiger partial charge in [-0.15, -0.1) is 0 Å². The number of nitrogens with one attached hydrogen (secondary N) is 2. The lowest BCUT2D eigenvalue weighted by Gasteiger charge is -2.59. The number of nitriles is 1. The second kappa shape index (κ2) is 7.71. The smallest absolute Gasteiger partial charge is 0.294 e. The van der Waals surface area contributed by atoms with Crippen LogP contribution in [0.2, 0.25) is 0 Å². The summed E-state index contributed by atoms with van der Waals surface area (Å²) in [6.07, 6.45) is 8.85. The number of carbonyl (C=O) groups is 1. The lowest BCUT2D eigenvalue weighted by molar-refractivity contribution is -0.122. The highest BCUT2D eigenvalue weighted by molar-refractivity contribution is 7.85. The molecule has 1 atom stereocenters. The summed E-state index contributed by atoms with van der Waals surface area (Å²) in [4.78, 5) is 12.5. The summed E-state index contributed by atoms with van der Waals surface area (Å²) in [6, 6.07) is 7.34. The molecule has 4 aliphatic rings. The lowest BCUT2D eigenvalue weighted by Crippen LogP contribution is -2.56. The fourth-order valence-corrected chi connectivity index (χ4v) is 6.64. The fourth-order valence-electron chi connectivity index (χ4n) is 6.16. The van der Waals surface area contributed by atoms with Crippen LogP contribution in [0.1, 0.15) is 45.4 Å². The SMILES string of the molecule is CC(NC(=O)/C(C#N)=C\Nc1ccc(S(=O)(=O)O)cc1)C12CC3CC(CC(C3)C1)C2. The molecule has 4 fully saturated rings. The largest absolute Gasteiger partial charge is 0.360 e. The topological polar surface area (TPSA) is 119 Å². The molecule has 4 saturated carbocycles. The van der Waals surface area contributed by atoms with Gasteiger partial charge in [-0.2, -0.15) is 13.7 Å². The van der Waals surface area contributed by atoms with Crippen molar-refractivity contribution in [1.82, 2.24) is 5.32 Å². The molecule has 0 spiro atoms. The molecular weight excluding hydrogens is 402 g/mol. The summed E-state index contributed by atoms with van der Waals surface area (Å²) in [5.74, 6) is 1.96. The molecule has 0 radical (unpaired) electrons. The first-order valence-corrected chi connectivity index (χ1v) is 11.9. The van der Waals surface area contributed by atoms with Crippen LogP contribution < -0.4 is 10.6 Å². The van der Waals surface area contributed by atoms with Crippen molar-refractivity contribution in [1.29, 1.82) is 5.26 Å². The van der Waals surface area contributed by atoms with Gasteiger partial charge in [0.15, 0.2) is 0 Å². The Morgan fingerprint density at radius 3 is 2.17 bits per heavy atom. The number of nitrogens with zero attached hydrogens (tertiary/aromatic N) is 1. The summed E-state index contributed by atoms with van der Waals surface area (Å²) >= 11 is 0. The van der Waals surface area contributed by atoms with Crippen molar-refractivity contribution >= 4 is 21.7 Å². The number of anilines is 1. The zero-order valence-electron chi connectivity index (χ0n) is 17.0. The van der Waals surface area contributed by atoms with E-state index < -0.39 is 16.0 Å². The van der Waals surface area contributed by atoms with Gasteiger partial charge in [0.25, 0.3) is 16.0 Å². The maximum absolute atomic E-state index is 12.7. The molecule has 1 amide bonds.